The van der Waals surface area contributed by atoms with E-state index in [1.54, 1.807) is 0 Å². The molecule has 42 valence electrons. The third kappa shape index (κ3) is 26.0. The topological polar surface area (TPSA) is 0 Å². The molecule has 0 N–H and O–H groups in total. The number of halogens is 5. The van der Waals surface area contributed by atoms with E-state index in [4.69, 9.17) is 0 Å². The van der Waals surface area contributed by atoms with Crippen molar-refractivity contribution in [1.29, 1.82) is 0 Å². The second-order valence-electron chi connectivity index (χ2n) is 0. The molecule has 0 unspecified atom stereocenters. The molecule has 0 aromatic heterocycles. The van der Waals surface area contributed by atoms with Gasteiger partial charge in [0.15, 0.2) is 0 Å². The van der Waals surface area contributed by atoms with Crippen molar-refractivity contribution in [2.24, 2.45) is 0 Å². The minimum absolute atomic E-state index is 0. The first kappa shape index (κ1) is 56.7. The van der Waals surface area contributed by atoms with E-state index in [1.165, 1.54) is 0 Å². The van der Waals surface area contributed by atoms with E-state index < -0.39 is 0 Å². The summed E-state index contributed by atoms with van der Waals surface area (Å²) >= 11 is 0. The van der Waals surface area contributed by atoms with Crippen molar-refractivity contribution in [3.05, 3.63) is 0 Å². The fourth-order valence-electron chi connectivity index (χ4n) is 0. The van der Waals surface area contributed by atoms with E-state index >= 15 is 0 Å². The molecule has 0 rings (SSSR count). The SMILES string of the molecule is [Br-].[Br-].[Br-].[Br-].[Br-].[U+2]. The second kappa shape index (κ2) is 39.4. The zero-order valence-electron chi connectivity index (χ0n) is 2.39. The standard InChI is InChI=1S/5BrH.U/h5*1H;/q;;;;;+2/p-5. The Labute approximate surface area is 114 Å². The van der Waals surface area contributed by atoms with E-state index in [-0.39, 0.29) is 116 Å². The molecule has 6 heavy (non-hydrogen) atoms. The molecule has 0 heterocycles. The Morgan fingerprint density at radius 1 is 0.333 bits per heavy atom. The Balaban J connectivity index is 0. The van der Waals surface area contributed by atoms with Crippen LogP contribution in [-0.4, -0.2) is 0 Å². The van der Waals surface area contributed by atoms with Gasteiger partial charge in [0.05, 0.1) is 0 Å². The van der Waals surface area contributed by atoms with Gasteiger partial charge in [-0.3, -0.25) is 0 Å². The van der Waals surface area contributed by atoms with Gasteiger partial charge in [-0.05, 0) is 0 Å². The average Bonchev–Trinajstić information content (AvgIpc) is 0. The monoisotopic (exact) mass is 633 g/mol. The molecule has 6 heteroatoms. The van der Waals surface area contributed by atoms with Crippen LogP contribution in [0.2, 0.25) is 0 Å². The molecule has 0 radical (unpaired) electrons. The second-order valence-corrected chi connectivity index (χ2v) is 0. The van der Waals surface area contributed by atoms with Crippen LogP contribution < -0.4 is 84.9 Å². The Morgan fingerprint density at radius 3 is 0.333 bits per heavy atom. The van der Waals surface area contributed by atoms with Crippen molar-refractivity contribution >= 4 is 0 Å². The molecular weight excluding hydrogens is 638 g/mol. The fraction of sp³-hybridized carbons (Fsp3) is 0. The molecule has 0 amide bonds. The van der Waals surface area contributed by atoms with Crippen LogP contribution in [0.3, 0.4) is 0 Å². The Bertz CT molecular complexity index is 3.90. The molecule has 0 aromatic carbocycles. The summed E-state index contributed by atoms with van der Waals surface area (Å²) in [5, 5.41) is 0. The summed E-state index contributed by atoms with van der Waals surface area (Å²) in [6, 6.07) is 0. The van der Waals surface area contributed by atoms with Crippen LogP contribution in [0, 0.1) is 31.1 Å². The molecule has 0 bridgehead atoms. The maximum atomic E-state index is 0. The summed E-state index contributed by atoms with van der Waals surface area (Å²) in [6.07, 6.45) is 0. The van der Waals surface area contributed by atoms with Gasteiger partial charge in [0.25, 0.3) is 0 Å². The molecule has 0 aliphatic heterocycles. The summed E-state index contributed by atoms with van der Waals surface area (Å²) in [7, 11) is 0. The van der Waals surface area contributed by atoms with Gasteiger partial charge in [-0.1, -0.05) is 0 Å². The number of rotatable bonds is 0. The quantitative estimate of drug-likeness (QED) is 0.248. The molecule has 0 nitrogen and oxygen atoms in total. The van der Waals surface area contributed by atoms with Crippen molar-refractivity contribution in [3.63, 3.8) is 0 Å². The minimum atomic E-state index is 0. The molecule has 0 atom stereocenters. The predicted octanol–water partition coefficient (Wildman–Crippen LogP) is -15.0. The summed E-state index contributed by atoms with van der Waals surface area (Å²) in [6.45, 7) is 0. The van der Waals surface area contributed by atoms with Gasteiger partial charge >= 0.3 is 31.1 Å². The Kier molecular flexibility index (Phi) is 372. The third-order valence-corrected chi connectivity index (χ3v) is 0. The van der Waals surface area contributed by atoms with Gasteiger partial charge in [0.1, 0.15) is 0 Å². The average molecular weight is 638 g/mol. The summed E-state index contributed by atoms with van der Waals surface area (Å²) < 4.78 is 0. The van der Waals surface area contributed by atoms with Gasteiger partial charge in [0.2, 0.25) is 0 Å². The van der Waals surface area contributed by atoms with Crippen LogP contribution in [0.5, 0.6) is 0 Å². The van der Waals surface area contributed by atoms with Crippen LogP contribution in [0.1, 0.15) is 0 Å². The van der Waals surface area contributed by atoms with Crippen molar-refractivity contribution in [3.8, 4) is 0 Å². The normalized spacial score (nSPS) is 0. The van der Waals surface area contributed by atoms with Crippen molar-refractivity contribution in [1.82, 2.24) is 0 Å². The first-order valence-corrected chi connectivity index (χ1v) is 0. The first-order valence-electron chi connectivity index (χ1n) is 0. The number of hydrogen-bond acceptors (Lipinski definition) is 0. The maximum absolute atomic E-state index is 0. The van der Waals surface area contributed by atoms with E-state index in [0.29, 0.717) is 0 Å². The van der Waals surface area contributed by atoms with E-state index in [9.17, 15) is 0 Å². The van der Waals surface area contributed by atoms with Crippen molar-refractivity contribution in [2.45, 2.75) is 0 Å². The summed E-state index contributed by atoms with van der Waals surface area (Å²) in [5.41, 5.74) is 0. The smallest absolute Gasteiger partial charge is 1.00 e. The summed E-state index contributed by atoms with van der Waals surface area (Å²) in [4.78, 5) is 0. The zero-order chi connectivity index (χ0) is 0. The Hall–Kier alpha value is 3.45. The maximum Gasteiger partial charge on any atom is 2.00 e. The Morgan fingerprint density at radius 2 is 0.333 bits per heavy atom. The third-order valence-electron chi connectivity index (χ3n) is 0. The minimum Gasteiger partial charge on any atom is -1.00 e. The van der Waals surface area contributed by atoms with Gasteiger partial charge in [-0.15, -0.1) is 0 Å². The first-order chi connectivity index (χ1) is 0. The van der Waals surface area contributed by atoms with Gasteiger partial charge in [-0.25, -0.2) is 0 Å². The van der Waals surface area contributed by atoms with E-state index in [0.717, 1.165) is 0 Å². The van der Waals surface area contributed by atoms with Crippen molar-refractivity contribution < 1.29 is 116 Å². The molecule has 0 saturated carbocycles. The molecular formula is Br5U-3. The zero-order valence-corrected chi connectivity index (χ0v) is 14.5. The van der Waals surface area contributed by atoms with Gasteiger partial charge in [0, 0.05) is 0 Å². The van der Waals surface area contributed by atoms with Crippen LogP contribution in [-0.2, 0) is 0 Å². The molecule has 0 aliphatic rings. The van der Waals surface area contributed by atoms with Crippen molar-refractivity contribution in [2.75, 3.05) is 0 Å². The van der Waals surface area contributed by atoms with Gasteiger partial charge in [-0.2, -0.15) is 0 Å². The predicted molar refractivity (Wildman–Crippen MR) is 0 cm³/mol. The molecule has 0 saturated heterocycles. The fourth-order valence-corrected chi connectivity index (χ4v) is 0. The van der Waals surface area contributed by atoms with Crippen LogP contribution >= 0.6 is 0 Å². The number of hydrogen-bond donors (Lipinski definition) is 0. The largest absolute Gasteiger partial charge is 2.00 e. The molecule has 0 aromatic rings. The molecule has 0 fully saturated rings. The summed E-state index contributed by atoms with van der Waals surface area (Å²) in [5.74, 6) is 0. The van der Waals surface area contributed by atoms with E-state index in [1.807, 2.05) is 0 Å². The molecule has 0 aliphatic carbocycles. The molecule has 0 spiro atoms. The van der Waals surface area contributed by atoms with Crippen LogP contribution in [0.15, 0.2) is 0 Å². The van der Waals surface area contributed by atoms with Crippen LogP contribution in [0.25, 0.3) is 0 Å². The van der Waals surface area contributed by atoms with Crippen LogP contribution in [0.4, 0.5) is 0 Å². The van der Waals surface area contributed by atoms with Gasteiger partial charge < -0.3 is 84.9 Å². The van der Waals surface area contributed by atoms with E-state index in [2.05, 4.69) is 0 Å².